The van der Waals surface area contributed by atoms with E-state index in [4.69, 9.17) is 4.74 Å². The van der Waals surface area contributed by atoms with Crippen molar-refractivity contribution in [2.45, 2.75) is 33.2 Å². The lowest BCUT2D eigenvalue weighted by Crippen LogP contribution is -2.44. The summed E-state index contributed by atoms with van der Waals surface area (Å²) in [6, 6.07) is 0.436. The molecule has 0 spiro atoms. The number of nitrogens with one attached hydrogen (secondary N) is 1. The van der Waals surface area contributed by atoms with Crippen LogP contribution in [0.5, 0.6) is 0 Å². The second-order valence-corrected chi connectivity index (χ2v) is 3.88. The van der Waals surface area contributed by atoms with Crippen molar-refractivity contribution in [2.24, 2.45) is 11.8 Å². The summed E-state index contributed by atoms with van der Waals surface area (Å²) in [4.78, 5) is 11.5. The molecular weight excluding hydrogens is 166 g/mol. The maximum absolute atomic E-state index is 11.5. The molecular formula is C10H19NO2. The molecule has 1 saturated heterocycles. The van der Waals surface area contributed by atoms with Crippen LogP contribution in [0.15, 0.2) is 0 Å². The number of rotatable bonds is 2. The van der Waals surface area contributed by atoms with E-state index in [0.717, 1.165) is 13.0 Å². The number of carbonyl (C=O) groups excluding carboxylic acids is 1. The number of ether oxygens (including phenoxy) is 1. The topological polar surface area (TPSA) is 38.3 Å². The van der Waals surface area contributed by atoms with Crippen molar-refractivity contribution in [1.82, 2.24) is 5.32 Å². The van der Waals surface area contributed by atoms with Gasteiger partial charge in [-0.15, -0.1) is 0 Å². The number of esters is 1. The third-order valence-corrected chi connectivity index (χ3v) is 2.67. The summed E-state index contributed by atoms with van der Waals surface area (Å²) < 4.78 is 5.03. The molecule has 0 aliphatic carbocycles. The Morgan fingerprint density at radius 1 is 1.54 bits per heavy atom. The van der Waals surface area contributed by atoms with Gasteiger partial charge in [0.25, 0.3) is 0 Å². The van der Waals surface area contributed by atoms with E-state index in [9.17, 15) is 4.79 Å². The van der Waals surface area contributed by atoms with Crippen molar-refractivity contribution in [3.8, 4) is 0 Å². The van der Waals surface area contributed by atoms with E-state index in [1.807, 2.05) is 6.92 Å². The highest BCUT2D eigenvalue weighted by atomic mass is 16.5. The molecule has 0 saturated carbocycles. The first-order valence-corrected chi connectivity index (χ1v) is 5.05. The molecule has 76 valence electrons. The summed E-state index contributed by atoms with van der Waals surface area (Å²) in [6.07, 6.45) is 0.903. The molecule has 0 bridgehead atoms. The molecule has 0 aromatic carbocycles. The summed E-state index contributed by atoms with van der Waals surface area (Å²) in [5.41, 5.74) is 0. The molecule has 0 aromatic rings. The fourth-order valence-electron chi connectivity index (χ4n) is 1.80. The maximum atomic E-state index is 11.5. The van der Waals surface area contributed by atoms with Crippen molar-refractivity contribution in [3.63, 3.8) is 0 Å². The highest BCUT2D eigenvalue weighted by Gasteiger charge is 2.31. The minimum absolute atomic E-state index is 0.0247. The van der Waals surface area contributed by atoms with Crippen LogP contribution < -0.4 is 5.32 Å². The normalized spacial score (nSPS) is 34.2. The van der Waals surface area contributed by atoms with Gasteiger partial charge in [0.1, 0.15) is 0 Å². The van der Waals surface area contributed by atoms with Gasteiger partial charge in [0.15, 0.2) is 0 Å². The molecule has 1 fully saturated rings. The molecule has 0 amide bonds. The second kappa shape index (κ2) is 4.61. The average Bonchev–Trinajstić information content (AvgIpc) is 2.09. The lowest BCUT2D eigenvalue weighted by molar-refractivity contribution is -0.151. The van der Waals surface area contributed by atoms with Crippen LogP contribution in [-0.4, -0.2) is 25.2 Å². The Labute approximate surface area is 79.8 Å². The summed E-state index contributed by atoms with van der Waals surface area (Å²) in [6.45, 7) is 7.47. The van der Waals surface area contributed by atoms with Crippen LogP contribution >= 0.6 is 0 Å². The van der Waals surface area contributed by atoms with Crippen molar-refractivity contribution in [3.05, 3.63) is 0 Å². The Morgan fingerprint density at radius 3 is 2.85 bits per heavy atom. The van der Waals surface area contributed by atoms with Crippen LogP contribution in [0.25, 0.3) is 0 Å². The fraction of sp³-hybridized carbons (Fsp3) is 0.900. The molecule has 0 aromatic heterocycles. The molecule has 1 aliphatic rings. The van der Waals surface area contributed by atoms with Gasteiger partial charge in [-0.25, -0.2) is 0 Å². The van der Waals surface area contributed by atoms with Crippen molar-refractivity contribution in [1.29, 1.82) is 0 Å². The first-order valence-electron chi connectivity index (χ1n) is 5.05. The molecule has 1 N–H and O–H groups in total. The molecule has 13 heavy (non-hydrogen) atoms. The second-order valence-electron chi connectivity index (χ2n) is 3.88. The number of hydrogen-bond acceptors (Lipinski definition) is 3. The van der Waals surface area contributed by atoms with Gasteiger partial charge in [-0.05, 0) is 32.7 Å². The molecule has 1 heterocycles. The molecule has 3 heteroatoms. The van der Waals surface area contributed by atoms with E-state index >= 15 is 0 Å². The summed E-state index contributed by atoms with van der Waals surface area (Å²) in [5, 5.41) is 3.35. The van der Waals surface area contributed by atoms with E-state index in [1.165, 1.54) is 0 Å². The number of carbonyl (C=O) groups is 1. The molecule has 1 aliphatic heterocycles. The third-order valence-electron chi connectivity index (χ3n) is 2.67. The van der Waals surface area contributed by atoms with Crippen LogP contribution in [0.1, 0.15) is 27.2 Å². The Balaban J connectivity index is 2.50. The largest absolute Gasteiger partial charge is 0.466 e. The molecule has 1 rings (SSSR count). The van der Waals surface area contributed by atoms with E-state index in [-0.39, 0.29) is 11.9 Å². The van der Waals surface area contributed by atoms with Gasteiger partial charge in [0, 0.05) is 6.04 Å². The Morgan fingerprint density at radius 2 is 2.23 bits per heavy atom. The van der Waals surface area contributed by atoms with Crippen molar-refractivity contribution in [2.75, 3.05) is 13.2 Å². The van der Waals surface area contributed by atoms with Gasteiger partial charge < -0.3 is 10.1 Å². The minimum atomic E-state index is -0.0247. The number of piperidine rings is 1. The van der Waals surface area contributed by atoms with Gasteiger partial charge in [-0.2, -0.15) is 0 Å². The predicted octanol–water partition coefficient (Wildman–Crippen LogP) is 1.18. The Kier molecular flexibility index (Phi) is 3.72. The first kappa shape index (κ1) is 10.5. The zero-order valence-corrected chi connectivity index (χ0v) is 8.67. The molecule has 3 nitrogen and oxygen atoms in total. The first-order chi connectivity index (χ1) is 6.15. The van der Waals surface area contributed by atoms with E-state index < -0.39 is 0 Å². The van der Waals surface area contributed by atoms with Crippen LogP contribution in [0.4, 0.5) is 0 Å². The van der Waals surface area contributed by atoms with Crippen LogP contribution in [0, 0.1) is 11.8 Å². The number of hydrogen-bond donors (Lipinski definition) is 1. The summed E-state index contributed by atoms with van der Waals surface area (Å²) in [5.74, 6) is 0.467. The highest BCUT2D eigenvalue weighted by molar-refractivity contribution is 5.73. The van der Waals surface area contributed by atoms with Crippen molar-refractivity contribution < 1.29 is 9.53 Å². The third kappa shape index (κ3) is 2.69. The monoisotopic (exact) mass is 185 g/mol. The Bertz CT molecular complexity index is 182. The fourth-order valence-corrected chi connectivity index (χ4v) is 1.80. The zero-order valence-electron chi connectivity index (χ0n) is 8.67. The smallest absolute Gasteiger partial charge is 0.309 e. The van der Waals surface area contributed by atoms with Gasteiger partial charge in [-0.3, -0.25) is 4.79 Å². The molecule has 0 unspecified atom stereocenters. The zero-order chi connectivity index (χ0) is 9.84. The van der Waals surface area contributed by atoms with E-state index in [0.29, 0.717) is 18.6 Å². The molecule has 3 atom stereocenters. The standard InChI is InChI=1S/C10H19NO2/c1-4-13-10(12)9-5-8(3)11-6-7(9)2/h7-9,11H,4-6H2,1-3H3/t7-,8-,9+/m0/s1. The van der Waals surface area contributed by atoms with Gasteiger partial charge in [-0.1, -0.05) is 6.92 Å². The summed E-state index contributed by atoms with van der Waals surface area (Å²) >= 11 is 0. The van der Waals surface area contributed by atoms with E-state index in [2.05, 4.69) is 19.2 Å². The highest BCUT2D eigenvalue weighted by Crippen LogP contribution is 2.23. The van der Waals surface area contributed by atoms with E-state index in [1.54, 1.807) is 0 Å². The van der Waals surface area contributed by atoms with Crippen LogP contribution in [0.2, 0.25) is 0 Å². The average molecular weight is 185 g/mol. The van der Waals surface area contributed by atoms with Gasteiger partial charge >= 0.3 is 5.97 Å². The minimum Gasteiger partial charge on any atom is -0.466 e. The maximum Gasteiger partial charge on any atom is 0.309 e. The predicted molar refractivity (Wildman–Crippen MR) is 51.4 cm³/mol. The van der Waals surface area contributed by atoms with Crippen LogP contribution in [-0.2, 0) is 9.53 Å². The quantitative estimate of drug-likeness (QED) is 0.657. The van der Waals surface area contributed by atoms with Crippen molar-refractivity contribution >= 4 is 5.97 Å². The van der Waals surface area contributed by atoms with Gasteiger partial charge in [0.2, 0.25) is 0 Å². The van der Waals surface area contributed by atoms with Crippen LogP contribution in [0.3, 0.4) is 0 Å². The summed E-state index contributed by atoms with van der Waals surface area (Å²) in [7, 11) is 0. The lowest BCUT2D eigenvalue weighted by Gasteiger charge is -2.31. The van der Waals surface area contributed by atoms with Gasteiger partial charge in [0.05, 0.1) is 12.5 Å². The SMILES string of the molecule is CCOC(=O)[C@@H]1C[C@H](C)NC[C@@H]1C. The molecule has 0 radical (unpaired) electrons. The lowest BCUT2D eigenvalue weighted by atomic mass is 9.85. The Hall–Kier alpha value is -0.570.